The Morgan fingerprint density at radius 2 is 1.95 bits per heavy atom. The van der Waals surface area contributed by atoms with Crippen molar-refractivity contribution in [2.75, 3.05) is 18.5 Å². The van der Waals surface area contributed by atoms with Crippen molar-refractivity contribution in [3.05, 3.63) is 59.4 Å². The number of benzene rings is 1. The van der Waals surface area contributed by atoms with Crippen molar-refractivity contribution in [2.24, 2.45) is 0 Å². The fraction of sp³-hybridized carbons (Fsp3) is 0.353. The lowest BCUT2D eigenvalue weighted by Gasteiger charge is -2.24. The van der Waals surface area contributed by atoms with Gasteiger partial charge in [0.1, 0.15) is 0 Å². The van der Waals surface area contributed by atoms with Gasteiger partial charge in [0.25, 0.3) is 0 Å². The van der Waals surface area contributed by atoms with Crippen LogP contribution in [0.2, 0.25) is 0 Å². The highest BCUT2D eigenvalue weighted by Crippen LogP contribution is 2.20. The van der Waals surface area contributed by atoms with Crippen molar-refractivity contribution in [1.29, 1.82) is 0 Å². The Morgan fingerprint density at radius 3 is 2.55 bits per heavy atom. The van der Waals surface area contributed by atoms with E-state index < -0.39 is 0 Å². The first-order valence-corrected chi connectivity index (χ1v) is 7.13. The molecule has 20 heavy (non-hydrogen) atoms. The molecule has 3 heteroatoms. The summed E-state index contributed by atoms with van der Waals surface area (Å²) in [4.78, 5) is 6.92. The van der Waals surface area contributed by atoms with Crippen LogP contribution in [0.3, 0.4) is 0 Å². The van der Waals surface area contributed by atoms with E-state index >= 15 is 0 Å². The zero-order valence-electron chi connectivity index (χ0n) is 12.6. The number of hydrogen-bond acceptors (Lipinski definition) is 3. The number of hydrogen-bond donors (Lipinski definition) is 1. The van der Waals surface area contributed by atoms with Crippen LogP contribution in [0, 0.1) is 6.92 Å². The summed E-state index contributed by atoms with van der Waals surface area (Å²) in [5, 5.41) is 3.14. The van der Waals surface area contributed by atoms with Gasteiger partial charge in [-0.3, -0.25) is 4.98 Å². The maximum Gasteiger partial charge on any atom is 0.0602 e. The van der Waals surface area contributed by atoms with Gasteiger partial charge in [-0.25, -0.2) is 0 Å². The van der Waals surface area contributed by atoms with Crippen molar-refractivity contribution in [2.45, 2.75) is 26.9 Å². The summed E-state index contributed by atoms with van der Waals surface area (Å²) in [7, 11) is 1.95. The monoisotopic (exact) mass is 269 g/mol. The Hall–Kier alpha value is -1.87. The summed E-state index contributed by atoms with van der Waals surface area (Å²) in [6.07, 6.45) is 1.96. The third kappa shape index (κ3) is 3.58. The number of anilines is 1. The molecule has 0 aliphatic carbocycles. The van der Waals surface area contributed by atoms with Gasteiger partial charge in [-0.15, -0.1) is 0 Å². The average Bonchev–Trinajstić information content (AvgIpc) is 2.48. The van der Waals surface area contributed by atoms with E-state index in [0.29, 0.717) is 0 Å². The second kappa shape index (κ2) is 7.06. The van der Waals surface area contributed by atoms with E-state index in [2.05, 4.69) is 65.4 Å². The van der Waals surface area contributed by atoms with Gasteiger partial charge in [0.05, 0.1) is 12.2 Å². The smallest absolute Gasteiger partial charge is 0.0602 e. The van der Waals surface area contributed by atoms with Crippen molar-refractivity contribution in [3.63, 3.8) is 0 Å². The highest BCUT2D eigenvalue weighted by Gasteiger charge is 2.08. The molecule has 0 aliphatic rings. The minimum Gasteiger partial charge on any atom is -0.366 e. The molecule has 0 amide bonds. The third-order valence-corrected chi connectivity index (χ3v) is 3.46. The predicted molar refractivity (Wildman–Crippen MR) is 84.9 cm³/mol. The summed E-state index contributed by atoms with van der Waals surface area (Å²) in [5.74, 6) is 0. The zero-order valence-corrected chi connectivity index (χ0v) is 12.6. The number of nitrogens with one attached hydrogen (secondary N) is 1. The lowest BCUT2D eigenvalue weighted by Crippen LogP contribution is -2.23. The number of nitrogens with zero attached hydrogens (tertiary/aromatic N) is 2. The first kappa shape index (κ1) is 14.5. The molecule has 106 valence electrons. The van der Waals surface area contributed by atoms with Crippen molar-refractivity contribution in [1.82, 2.24) is 10.3 Å². The van der Waals surface area contributed by atoms with E-state index in [-0.39, 0.29) is 0 Å². The summed E-state index contributed by atoms with van der Waals surface area (Å²) in [5.41, 5.74) is 4.92. The van der Waals surface area contributed by atoms with E-state index in [1.165, 1.54) is 16.8 Å². The number of aromatic nitrogens is 1. The van der Waals surface area contributed by atoms with Gasteiger partial charge in [-0.05, 0) is 44.2 Å². The van der Waals surface area contributed by atoms with Gasteiger partial charge in [0.2, 0.25) is 0 Å². The minimum absolute atomic E-state index is 0.848. The van der Waals surface area contributed by atoms with Gasteiger partial charge < -0.3 is 10.2 Å². The van der Waals surface area contributed by atoms with Crippen LogP contribution in [0.15, 0.2) is 42.6 Å². The lowest BCUT2D eigenvalue weighted by atomic mass is 10.1. The van der Waals surface area contributed by atoms with Crippen LogP contribution in [0.25, 0.3) is 0 Å². The van der Waals surface area contributed by atoms with E-state index in [4.69, 9.17) is 0 Å². The van der Waals surface area contributed by atoms with Crippen LogP contribution in [-0.4, -0.2) is 18.6 Å². The molecule has 0 atom stereocenters. The second-order valence-corrected chi connectivity index (χ2v) is 4.99. The zero-order chi connectivity index (χ0) is 14.4. The Kier molecular flexibility index (Phi) is 5.13. The molecule has 3 nitrogen and oxygen atoms in total. The van der Waals surface area contributed by atoms with Crippen LogP contribution in [0.5, 0.6) is 0 Å². The summed E-state index contributed by atoms with van der Waals surface area (Å²) in [6, 6.07) is 12.8. The molecule has 0 aliphatic heterocycles. The number of para-hydroxylation sites is 1. The van der Waals surface area contributed by atoms with Gasteiger partial charge in [0, 0.05) is 25.0 Å². The van der Waals surface area contributed by atoms with Gasteiger partial charge in [-0.1, -0.05) is 24.3 Å². The first-order valence-electron chi connectivity index (χ1n) is 7.13. The third-order valence-electron chi connectivity index (χ3n) is 3.46. The molecule has 2 aromatic rings. The predicted octanol–water partition coefficient (Wildman–Crippen LogP) is 3.14. The van der Waals surface area contributed by atoms with Crippen LogP contribution in [0.1, 0.15) is 23.7 Å². The highest BCUT2D eigenvalue weighted by atomic mass is 15.1. The molecule has 0 saturated heterocycles. The minimum atomic E-state index is 0.848. The molecular formula is C17H23N3. The van der Waals surface area contributed by atoms with E-state index in [0.717, 1.165) is 25.3 Å². The molecule has 1 aromatic heterocycles. The summed E-state index contributed by atoms with van der Waals surface area (Å²) < 4.78 is 0. The number of pyridine rings is 1. The summed E-state index contributed by atoms with van der Waals surface area (Å²) >= 11 is 0. The maximum atomic E-state index is 4.56. The van der Waals surface area contributed by atoms with Crippen LogP contribution >= 0.6 is 0 Å². The molecule has 2 rings (SSSR count). The molecule has 0 radical (unpaired) electrons. The highest BCUT2D eigenvalue weighted by molar-refractivity contribution is 5.53. The molecule has 1 aromatic carbocycles. The van der Waals surface area contributed by atoms with Gasteiger partial charge >= 0.3 is 0 Å². The molecule has 0 unspecified atom stereocenters. The summed E-state index contributed by atoms with van der Waals surface area (Å²) in [6.45, 7) is 7.03. The lowest BCUT2D eigenvalue weighted by molar-refractivity contribution is 0.789. The molecule has 0 fully saturated rings. The Bertz CT molecular complexity index is 534. The van der Waals surface area contributed by atoms with E-state index in [1.807, 2.05) is 13.2 Å². The quantitative estimate of drug-likeness (QED) is 0.873. The Morgan fingerprint density at radius 1 is 1.15 bits per heavy atom. The number of rotatable bonds is 6. The largest absolute Gasteiger partial charge is 0.366 e. The van der Waals surface area contributed by atoms with E-state index in [9.17, 15) is 0 Å². The molecular weight excluding hydrogens is 246 g/mol. The van der Waals surface area contributed by atoms with Crippen LogP contribution in [-0.2, 0) is 13.1 Å². The van der Waals surface area contributed by atoms with Crippen molar-refractivity contribution < 1.29 is 0 Å². The normalized spacial score (nSPS) is 10.6. The molecule has 1 heterocycles. The SMILES string of the molecule is CCN(Cc1ccc(CNC)cn1)c1ccccc1C. The second-order valence-electron chi connectivity index (χ2n) is 4.99. The Balaban J connectivity index is 2.12. The van der Waals surface area contributed by atoms with E-state index in [1.54, 1.807) is 0 Å². The van der Waals surface area contributed by atoms with Gasteiger partial charge in [0.15, 0.2) is 0 Å². The molecule has 0 saturated carbocycles. The average molecular weight is 269 g/mol. The van der Waals surface area contributed by atoms with Crippen molar-refractivity contribution in [3.8, 4) is 0 Å². The number of aryl methyl sites for hydroxylation is 1. The van der Waals surface area contributed by atoms with Crippen LogP contribution in [0.4, 0.5) is 5.69 Å². The molecule has 1 N–H and O–H groups in total. The fourth-order valence-electron chi connectivity index (χ4n) is 2.34. The van der Waals surface area contributed by atoms with Crippen molar-refractivity contribution >= 4 is 5.69 Å². The topological polar surface area (TPSA) is 28.2 Å². The Labute approximate surface area is 121 Å². The fourth-order valence-corrected chi connectivity index (χ4v) is 2.34. The van der Waals surface area contributed by atoms with Gasteiger partial charge in [-0.2, -0.15) is 0 Å². The maximum absolute atomic E-state index is 4.56. The first-order chi connectivity index (χ1) is 9.74. The molecule has 0 spiro atoms. The molecule has 0 bridgehead atoms. The standard InChI is InChI=1S/C17H23N3/c1-4-20(17-8-6-5-7-14(17)2)13-16-10-9-15(11-18-3)12-19-16/h5-10,12,18H,4,11,13H2,1-3H3. The van der Waals surface area contributed by atoms with Crippen LogP contribution < -0.4 is 10.2 Å².